The normalized spacial score (nSPS) is 19.4. The van der Waals surface area contributed by atoms with Crippen molar-refractivity contribution in [1.29, 1.82) is 0 Å². The lowest BCUT2D eigenvalue weighted by molar-refractivity contribution is -0.120. The fourth-order valence-corrected chi connectivity index (χ4v) is 3.50. The molecule has 5 heteroatoms. The second-order valence-electron chi connectivity index (χ2n) is 7.26. The minimum atomic E-state index is 0.0937. The molecule has 0 aromatic heterocycles. The second kappa shape index (κ2) is 9.20. The Morgan fingerprint density at radius 2 is 1.92 bits per heavy atom. The lowest BCUT2D eigenvalue weighted by Crippen LogP contribution is -2.43. The molecule has 25 heavy (non-hydrogen) atoms. The van der Waals surface area contributed by atoms with Crippen LogP contribution in [0.25, 0.3) is 0 Å². The van der Waals surface area contributed by atoms with E-state index in [1.807, 2.05) is 12.1 Å². The van der Waals surface area contributed by atoms with Crippen molar-refractivity contribution in [1.82, 2.24) is 15.5 Å². The Morgan fingerprint density at radius 1 is 1.20 bits per heavy atom. The van der Waals surface area contributed by atoms with E-state index in [4.69, 9.17) is 4.74 Å². The van der Waals surface area contributed by atoms with Gasteiger partial charge in [-0.3, -0.25) is 9.69 Å². The van der Waals surface area contributed by atoms with Gasteiger partial charge in [-0.05, 0) is 68.9 Å². The lowest BCUT2D eigenvalue weighted by Gasteiger charge is -2.35. The molecule has 1 saturated carbocycles. The molecule has 2 N–H and O–H groups in total. The van der Waals surface area contributed by atoms with Gasteiger partial charge in [0.1, 0.15) is 5.75 Å². The Morgan fingerprint density at radius 3 is 2.56 bits per heavy atom. The van der Waals surface area contributed by atoms with Gasteiger partial charge >= 0.3 is 0 Å². The van der Waals surface area contributed by atoms with E-state index in [9.17, 15) is 4.79 Å². The summed E-state index contributed by atoms with van der Waals surface area (Å²) < 4.78 is 5.27. The fourth-order valence-electron chi connectivity index (χ4n) is 3.50. The largest absolute Gasteiger partial charge is 0.497 e. The van der Waals surface area contributed by atoms with E-state index in [0.717, 1.165) is 31.3 Å². The van der Waals surface area contributed by atoms with Gasteiger partial charge in [0.2, 0.25) is 5.91 Å². The number of rotatable bonds is 9. The summed E-state index contributed by atoms with van der Waals surface area (Å²) in [7, 11) is 1.69. The molecule has 1 aliphatic carbocycles. The molecule has 5 nitrogen and oxygen atoms in total. The van der Waals surface area contributed by atoms with Crippen LogP contribution in [-0.2, 0) is 4.79 Å². The summed E-state index contributed by atoms with van der Waals surface area (Å²) in [5.74, 6) is 1.76. The average molecular weight is 345 g/mol. The van der Waals surface area contributed by atoms with Crippen LogP contribution in [0.4, 0.5) is 0 Å². The number of carbonyl (C=O) groups excluding carboxylic acids is 1. The van der Waals surface area contributed by atoms with Gasteiger partial charge in [-0.2, -0.15) is 0 Å². The van der Waals surface area contributed by atoms with Crippen LogP contribution in [-0.4, -0.2) is 50.6 Å². The van der Waals surface area contributed by atoms with Gasteiger partial charge < -0.3 is 15.4 Å². The monoisotopic (exact) mass is 345 g/mol. The number of hydrogen-bond acceptors (Lipinski definition) is 4. The van der Waals surface area contributed by atoms with E-state index in [2.05, 4.69) is 27.7 Å². The minimum Gasteiger partial charge on any atom is -0.497 e. The van der Waals surface area contributed by atoms with Crippen molar-refractivity contribution in [3.05, 3.63) is 29.8 Å². The van der Waals surface area contributed by atoms with Crippen LogP contribution in [0, 0.1) is 5.92 Å². The van der Waals surface area contributed by atoms with Crippen LogP contribution >= 0.6 is 0 Å². The SMILES string of the molecule is COc1ccc(C(CNC(=O)CNCC2CC2)N2CCCCC2)cc1. The quantitative estimate of drug-likeness (QED) is 0.721. The number of methoxy groups -OCH3 is 1. The summed E-state index contributed by atoms with van der Waals surface area (Å²) in [4.78, 5) is 14.7. The molecule has 0 bridgehead atoms. The number of hydrogen-bond donors (Lipinski definition) is 2. The number of nitrogens with one attached hydrogen (secondary N) is 2. The van der Waals surface area contributed by atoms with E-state index in [1.54, 1.807) is 7.11 Å². The Bertz CT molecular complexity index is 536. The van der Waals surface area contributed by atoms with Crippen LogP contribution in [0.5, 0.6) is 5.75 Å². The molecule has 1 unspecified atom stereocenters. The van der Waals surface area contributed by atoms with E-state index in [1.165, 1.54) is 37.7 Å². The molecule has 2 fully saturated rings. The number of likely N-dealkylation sites (tertiary alicyclic amines) is 1. The summed E-state index contributed by atoms with van der Waals surface area (Å²) >= 11 is 0. The molecule has 3 rings (SSSR count). The van der Waals surface area contributed by atoms with E-state index in [0.29, 0.717) is 13.1 Å². The molecule has 1 atom stereocenters. The van der Waals surface area contributed by atoms with Crippen molar-refractivity contribution in [3.63, 3.8) is 0 Å². The maximum Gasteiger partial charge on any atom is 0.234 e. The molecule has 1 amide bonds. The maximum absolute atomic E-state index is 12.2. The van der Waals surface area contributed by atoms with Crippen molar-refractivity contribution >= 4 is 5.91 Å². The Labute approximate surface area is 151 Å². The Kier molecular flexibility index (Phi) is 6.70. The molecular formula is C20H31N3O2. The topological polar surface area (TPSA) is 53.6 Å². The van der Waals surface area contributed by atoms with Gasteiger partial charge in [0.25, 0.3) is 0 Å². The molecular weight excluding hydrogens is 314 g/mol. The second-order valence-corrected chi connectivity index (χ2v) is 7.26. The first-order valence-corrected chi connectivity index (χ1v) is 9.61. The predicted molar refractivity (Wildman–Crippen MR) is 99.8 cm³/mol. The fraction of sp³-hybridized carbons (Fsp3) is 0.650. The van der Waals surface area contributed by atoms with Gasteiger partial charge in [-0.1, -0.05) is 18.6 Å². The Balaban J connectivity index is 1.55. The van der Waals surface area contributed by atoms with E-state index < -0.39 is 0 Å². The smallest absolute Gasteiger partial charge is 0.234 e. The van der Waals surface area contributed by atoms with Gasteiger partial charge in [-0.25, -0.2) is 0 Å². The van der Waals surface area contributed by atoms with Crippen LogP contribution in [0.3, 0.4) is 0 Å². The third-order valence-corrected chi connectivity index (χ3v) is 5.24. The highest BCUT2D eigenvalue weighted by Gasteiger charge is 2.23. The van der Waals surface area contributed by atoms with Crippen LogP contribution < -0.4 is 15.4 Å². The van der Waals surface area contributed by atoms with Gasteiger partial charge in [-0.15, -0.1) is 0 Å². The summed E-state index contributed by atoms with van der Waals surface area (Å²) in [5.41, 5.74) is 1.24. The number of carbonyl (C=O) groups is 1. The molecule has 1 aliphatic heterocycles. The summed E-state index contributed by atoms with van der Waals surface area (Å²) in [6.45, 7) is 4.27. The van der Waals surface area contributed by atoms with E-state index in [-0.39, 0.29) is 11.9 Å². The molecule has 0 spiro atoms. The van der Waals surface area contributed by atoms with Crippen molar-refractivity contribution < 1.29 is 9.53 Å². The zero-order chi connectivity index (χ0) is 17.5. The molecule has 1 saturated heterocycles. The van der Waals surface area contributed by atoms with Crippen molar-refractivity contribution in [2.24, 2.45) is 5.92 Å². The zero-order valence-electron chi connectivity index (χ0n) is 15.3. The molecule has 1 aromatic carbocycles. The van der Waals surface area contributed by atoms with Gasteiger partial charge in [0, 0.05) is 6.54 Å². The number of nitrogens with zero attached hydrogens (tertiary/aromatic N) is 1. The first-order chi connectivity index (χ1) is 12.3. The van der Waals surface area contributed by atoms with Crippen LogP contribution in [0.1, 0.15) is 43.7 Å². The molecule has 1 heterocycles. The standard InChI is InChI=1S/C20H31N3O2/c1-25-18-9-7-17(8-10-18)19(23-11-3-2-4-12-23)14-22-20(24)15-21-13-16-5-6-16/h7-10,16,19,21H,2-6,11-15H2,1H3,(H,22,24). The summed E-state index contributed by atoms with van der Waals surface area (Å²) in [5, 5.41) is 6.39. The lowest BCUT2D eigenvalue weighted by atomic mass is 10.0. The summed E-state index contributed by atoms with van der Waals surface area (Å²) in [6, 6.07) is 8.49. The highest BCUT2D eigenvalue weighted by atomic mass is 16.5. The third-order valence-electron chi connectivity index (χ3n) is 5.24. The van der Waals surface area contributed by atoms with Gasteiger partial charge in [0.15, 0.2) is 0 Å². The van der Waals surface area contributed by atoms with Crippen molar-refractivity contribution in [3.8, 4) is 5.75 Å². The predicted octanol–water partition coefficient (Wildman–Crippen LogP) is 2.34. The Hall–Kier alpha value is -1.59. The highest BCUT2D eigenvalue weighted by Crippen LogP contribution is 2.27. The third kappa shape index (κ3) is 5.72. The molecule has 2 aliphatic rings. The molecule has 1 aromatic rings. The van der Waals surface area contributed by atoms with Crippen LogP contribution in [0.2, 0.25) is 0 Å². The van der Waals surface area contributed by atoms with E-state index >= 15 is 0 Å². The molecule has 138 valence electrons. The van der Waals surface area contributed by atoms with Crippen molar-refractivity contribution in [2.75, 3.05) is 39.8 Å². The number of ether oxygens (including phenoxy) is 1. The van der Waals surface area contributed by atoms with Crippen LogP contribution in [0.15, 0.2) is 24.3 Å². The number of benzene rings is 1. The zero-order valence-corrected chi connectivity index (χ0v) is 15.3. The minimum absolute atomic E-state index is 0.0937. The maximum atomic E-state index is 12.2. The number of amides is 1. The first kappa shape index (κ1) is 18.2. The van der Waals surface area contributed by atoms with Crippen molar-refractivity contribution in [2.45, 2.75) is 38.1 Å². The average Bonchev–Trinajstić information content (AvgIpc) is 3.48. The first-order valence-electron chi connectivity index (χ1n) is 9.61. The van der Waals surface area contributed by atoms with Gasteiger partial charge in [0.05, 0.1) is 19.7 Å². The number of piperidine rings is 1. The molecule has 0 radical (unpaired) electrons. The highest BCUT2D eigenvalue weighted by molar-refractivity contribution is 5.78. The summed E-state index contributed by atoms with van der Waals surface area (Å²) in [6.07, 6.45) is 6.41.